The number of anilines is 1. The van der Waals surface area contributed by atoms with Crippen molar-refractivity contribution in [3.8, 4) is 0 Å². The predicted octanol–water partition coefficient (Wildman–Crippen LogP) is 5.32. The Bertz CT molecular complexity index is 1410. The number of benzene rings is 2. The molecule has 0 saturated heterocycles. The highest BCUT2D eigenvalue weighted by Crippen LogP contribution is 2.57. The lowest BCUT2D eigenvalue weighted by atomic mass is 9.74. The SMILES string of the molecule is O=C(Nc1cc(F)c(F)c(F)c1)c1ccc(Cl)c(S(=O)(=O)[C@H]2CC3CC[C@@H](C2)[C@@]3(O)c2nccs2)c1. The topological polar surface area (TPSA) is 96.4 Å². The van der Waals surface area contributed by atoms with Gasteiger partial charge in [-0.3, -0.25) is 4.79 Å². The van der Waals surface area contributed by atoms with Crippen LogP contribution in [0.2, 0.25) is 5.02 Å². The summed E-state index contributed by atoms with van der Waals surface area (Å²) < 4.78 is 67.5. The summed E-state index contributed by atoms with van der Waals surface area (Å²) in [6.07, 6.45) is 3.40. The van der Waals surface area contributed by atoms with Crippen molar-refractivity contribution in [1.82, 2.24) is 4.98 Å². The number of halogens is 4. The third kappa shape index (κ3) is 4.11. The number of aromatic nitrogens is 1. The Hall–Kier alpha value is -2.47. The molecule has 1 aromatic heterocycles. The number of nitrogens with one attached hydrogen (secondary N) is 1. The number of rotatable bonds is 5. The highest BCUT2D eigenvalue weighted by Gasteiger charge is 2.57. The van der Waals surface area contributed by atoms with Gasteiger partial charge in [-0.25, -0.2) is 26.6 Å². The molecule has 12 heteroatoms. The molecular formula is C24H20ClF3N2O4S2. The molecule has 4 atom stereocenters. The fraction of sp³-hybridized carbons (Fsp3) is 0.333. The van der Waals surface area contributed by atoms with Crippen LogP contribution in [0.4, 0.5) is 18.9 Å². The second-order valence-corrected chi connectivity index (χ2v) is 12.6. The number of carbonyl (C=O) groups excluding carboxylic acids is 1. The summed E-state index contributed by atoms with van der Waals surface area (Å²) in [5, 5.41) is 15.2. The van der Waals surface area contributed by atoms with Crippen molar-refractivity contribution < 1.29 is 31.5 Å². The van der Waals surface area contributed by atoms with Gasteiger partial charge in [0.05, 0.1) is 15.2 Å². The summed E-state index contributed by atoms with van der Waals surface area (Å²) >= 11 is 7.59. The van der Waals surface area contributed by atoms with Crippen molar-refractivity contribution in [2.75, 3.05) is 5.32 Å². The minimum Gasteiger partial charge on any atom is -0.382 e. The van der Waals surface area contributed by atoms with Crippen molar-refractivity contribution in [1.29, 1.82) is 0 Å². The number of nitrogens with zero attached hydrogens (tertiary/aromatic N) is 1. The van der Waals surface area contributed by atoms with E-state index in [0.717, 1.165) is 6.07 Å². The van der Waals surface area contributed by atoms with E-state index in [-0.39, 0.29) is 45.8 Å². The number of fused-ring (bicyclic) bond motifs is 2. The molecule has 1 heterocycles. The van der Waals surface area contributed by atoms with Crippen molar-refractivity contribution in [2.45, 2.75) is 41.4 Å². The van der Waals surface area contributed by atoms with Crippen LogP contribution in [0.1, 0.15) is 41.0 Å². The number of aliphatic hydroxyl groups is 1. The average molecular weight is 557 g/mol. The van der Waals surface area contributed by atoms with Crippen LogP contribution in [0.25, 0.3) is 0 Å². The van der Waals surface area contributed by atoms with Gasteiger partial charge in [0, 0.05) is 35.0 Å². The van der Waals surface area contributed by atoms with Crippen LogP contribution in [0.3, 0.4) is 0 Å². The van der Waals surface area contributed by atoms with Crippen LogP contribution in [-0.4, -0.2) is 29.7 Å². The van der Waals surface area contributed by atoms with Gasteiger partial charge in [0.25, 0.3) is 5.91 Å². The van der Waals surface area contributed by atoms with E-state index < -0.39 is 44.0 Å². The van der Waals surface area contributed by atoms with E-state index in [9.17, 15) is 31.5 Å². The van der Waals surface area contributed by atoms with Gasteiger partial charge < -0.3 is 10.4 Å². The standard InChI is InChI=1S/C24H20ClF3N2O4S2/c25-17-4-1-12(22(31)30-15-10-18(26)21(28)19(27)11-15)7-20(17)36(33,34)16-8-13-2-3-14(9-16)24(13,32)23-29-5-6-35-23/h1,4-7,10-11,13-14,16,32H,2-3,8-9H2,(H,30,31)/t13-,14?,16+,24-/m0/s1. The van der Waals surface area contributed by atoms with Gasteiger partial charge in [0.15, 0.2) is 27.3 Å². The molecule has 2 N–H and O–H groups in total. The van der Waals surface area contributed by atoms with Crippen molar-refractivity contribution in [3.63, 3.8) is 0 Å². The van der Waals surface area contributed by atoms with E-state index in [1.807, 2.05) is 0 Å². The Labute approximate surface area is 214 Å². The molecule has 0 radical (unpaired) electrons. The molecule has 2 fully saturated rings. The summed E-state index contributed by atoms with van der Waals surface area (Å²) in [7, 11) is -4.00. The fourth-order valence-corrected chi connectivity index (χ4v) is 8.69. The van der Waals surface area contributed by atoms with Crippen LogP contribution < -0.4 is 5.32 Å². The molecule has 2 aliphatic rings. The Kier molecular flexibility index (Phi) is 6.39. The smallest absolute Gasteiger partial charge is 0.255 e. The quantitative estimate of drug-likeness (QED) is 0.415. The number of sulfone groups is 1. The van der Waals surface area contributed by atoms with Gasteiger partial charge in [-0.05, 0) is 55.7 Å². The predicted molar refractivity (Wildman–Crippen MR) is 128 cm³/mol. The number of thiazole rings is 1. The average Bonchev–Trinajstić information content (AvgIpc) is 3.40. The molecule has 6 nitrogen and oxygen atoms in total. The monoisotopic (exact) mass is 556 g/mol. The highest BCUT2D eigenvalue weighted by molar-refractivity contribution is 7.92. The number of hydrogen-bond acceptors (Lipinski definition) is 6. The molecule has 190 valence electrons. The van der Waals surface area contributed by atoms with E-state index in [2.05, 4.69) is 10.3 Å². The number of amides is 1. The molecule has 3 aromatic rings. The maximum absolute atomic E-state index is 13.6. The van der Waals surface area contributed by atoms with Gasteiger partial charge in [-0.1, -0.05) is 11.6 Å². The zero-order valence-corrected chi connectivity index (χ0v) is 20.9. The van der Waals surface area contributed by atoms with Gasteiger partial charge in [-0.2, -0.15) is 0 Å². The maximum Gasteiger partial charge on any atom is 0.255 e. The van der Waals surface area contributed by atoms with Gasteiger partial charge in [-0.15, -0.1) is 11.3 Å². The lowest BCUT2D eigenvalue weighted by Crippen LogP contribution is -2.45. The first-order valence-corrected chi connectivity index (χ1v) is 13.9. The third-order valence-corrected chi connectivity index (χ3v) is 10.7. The molecule has 2 saturated carbocycles. The van der Waals surface area contributed by atoms with Gasteiger partial charge in [0.1, 0.15) is 10.6 Å². The van der Waals surface area contributed by atoms with E-state index >= 15 is 0 Å². The van der Waals surface area contributed by atoms with E-state index in [0.29, 0.717) is 30.0 Å². The normalized spacial score (nSPS) is 25.6. The molecule has 2 aromatic carbocycles. The molecular weight excluding hydrogens is 537 g/mol. The van der Waals surface area contributed by atoms with Crippen LogP contribution in [0, 0.1) is 29.3 Å². The number of hydrogen-bond donors (Lipinski definition) is 2. The molecule has 36 heavy (non-hydrogen) atoms. The van der Waals surface area contributed by atoms with E-state index in [1.165, 1.54) is 23.5 Å². The Morgan fingerprint density at radius 2 is 1.75 bits per heavy atom. The van der Waals surface area contributed by atoms with Crippen LogP contribution in [0.5, 0.6) is 0 Å². The molecule has 0 spiro atoms. The van der Waals surface area contributed by atoms with Crippen molar-refractivity contribution in [2.24, 2.45) is 11.8 Å². The molecule has 5 rings (SSSR count). The Morgan fingerprint density at radius 1 is 1.11 bits per heavy atom. The molecule has 1 unspecified atom stereocenters. The summed E-state index contributed by atoms with van der Waals surface area (Å²) in [6.45, 7) is 0. The third-order valence-electron chi connectivity index (χ3n) is 7.16. The Morgan fingerprint density at radius 3 is 2.33 bits per heavy atom. The first kappa shape index (κ1) is 25.2. The van der Waals surface area contributed by atoms with Gasteiger partial charge in [0.2, 0.25) is 0 Å². The second-order valence-electron chi connectivity index (χ2n) is 9.13. The Balaban J connectivity index is 1.41. The minimum atomic E-state index is -4.00. The van der Waals surface area contributed by atoms with Crippen molar-refractivity contribution in [3.05, 3.63) is 75.0 Å². The molecule has 2 aliphatic carbocycles. The lowest BCUT2D eigenvalue weighted by Gasteiger charge is -2.41. The van der Waals surface area contributed by atoms with Crippen LogP contribution in [0.15, 0.2) is 46.8 Å². The molecule has 1 amide bonds. The summed E-state index contributed by atoms with van der Waals surface area (Å²) in [5.41, 5.74) is -1.60. The highest BCUT2D eigenvalue weighted by atomic mass is 35.5. The van der Waals surface area contributed by atoms with Crippen LogP contribution >= 0.6 is 22.9 Å². The fourth-order valence-electron chi connectivity index (χ4n) is 5.40. The minimum absolute atomic E-state index is 0.0708. The molecule has 0 aliphatic heterocycles. The van der Waals surface area contributed by atoms with E-state index in [1.54, 1.807) is 11.6 Å². The first-order valence-electron chi connectivity index (χ1n) is 11.1. The maximum atomic E-state index is 13.6. The van der Waals surface area contributed by atoms with Crippen molar-refractivity contribution >= 4 is 44.4 Å². The number of carbonyl (C=O) groups is 1. The summed E-state index contributed by atoms with van der Waals surface area (Å²) in [5.74, 6) is -6.04. The van der Waals surface area contributed by atoms with E-state index in [4.69, 9.17) is 11.6 Å². The van der Waals surface area contributed by atoms with Crippen LogP contribution in [-0.2, 0) is 15.4 Å². The summed E-state index contributed by atoms with van der Waals surface area (Å²) in [4.78, 5) is 16.7. The second kappa shape index (κ2) is 9.13. The zero-order chi connectivity index (χ0) is 25.8. The van der Waals surface area contributed by atoms with Gasteiger partial charge >= 0.3 is 0 Å². The summed E-state index contributed by atoms with van der Waals surface area (Å²) in [6, 6.07) is 4.89. The lowest BCUT2D eigenvalue weighted by molar-refractivity contribution is -0.0647. The molecule has 2 bridgehead atoms. The zero-order valence-electron chi connectivity index (χ0n) is 18.5. The first-order chi connectivity index (χ1) is 17.0. The largest absolute Gasteiger partial charge is 0.382 e.